The lowest BCUT2D eigenvalue weighted by Gasteiger charge is -2.39. The number of morpholine rings is 1. The molecule has 5 rings (SSSR count). The fraction of sp³-hybridized carbons (Fsp3) is 0.400. The van der Waals surface area contributed by atoms with Crippen LogP contribution in [0.4, 0.5) is 4.39 Å². The number of carbonyl (C=O) groups excluding carboxylic acids is 3. The predicted octanol–water partition coefficient (Wildman–Crippen LogP) is 0.959. The molecule has 1 atom stereocenters. The van der Waals surface area contributed by atoms with Crippen LogP contribution in [0.5, 0.6) is 5.75 Å². The first-order chi connectivity index (χ1) is 16.8. The molecule has 2 saturated heterocycles. The third kappa shape index (κ3) is 4.55. The number of ether oxygens (including phenoxy) is 2. The molecule has 0 bridgehead atoms. The average Bonchev–Trinajstić information content (AvgIpc) is 3.20. The van der Waals surface area contributed by atoms with E-state index in [-0.39, 0.29) is 43.6 Å². The third-order valence-corrected chi connectivity index (χ3v) is 7.10. The molecular weight excluding hydrogens is 452 g/mol. The lowest BCUT2D eigenvalue weighted by atomic mass is 9.70. The van der Waals surface area contributed by atoms with Crippen molar-refractivity contribution in [3.05, 3.63) is 64.5 Å². The van der Waals surface area contributed by atoms with E-state index in [4.69, 9.17) is 9.47 Å². The van der Waals surface area contributed by atoms with Crippen molar-refractivity contribution < 1.29 is 28.2 Å². The van der Waals surface area contributed by atoms with Gasteiger partial charge in [0.2, 0.25) is 11.8 Å². The number of hydrogen-bond acceptors (Lipinski definition) is 6. The molecule has 35 heavy (non-hydrogen) atoms. The number of piperidine rings is 1. The summed E-state index contributed by atoms with van der Waals surface area (Å²) < 4.78 is 26.0. The lowest BCUT2D eigenvalue weighted by Crippen LogP contribution is -2.63. The molecule has 0 aromatic heterocycles. The van der Waals surface area contributed by atoms with Crippen LogP contribution in [0.15, 0.2) is 36.4 Å². The molecule has 0 aliphatic carbocycles. The summed E-state index contributed by atoms with van der Waals surface area (Å²) in [7, 11) is 1.68. The van der Waals surface area contributed by atoms with Gasteiger partial charge in [-0.2, -0.15) is 0 Å². The van der Waals surface area contributed by atoms with Gasteiger partial charge in [0.25, 0.3) is 5.91 Å². The molecular formula is C25H27BFN3O5. The summed E-state index contributed by atoms with van der Waals surface area (Å²) in [6.45, 7) is 3.99. The number of amides is 3. The van der Waals surface area contributed by atoms with E-state index in [2.05, 4.69) is 10.2 Å². The lowest BCUT2D eigenvalue weighted by molar-refractivity contribution is -0.138. The number of fused-ring (bicyclic) bond motifs is 1. The molecule has 0 radical (unpaired) electrons. The molecule has 2 fully saturated rings. The summed E-state index contributed by atoms with van der Waals surface area (Å²) in [5.74, 6) is -0.963. The third-order valence-electron chi connectivity index (χ3n) is 7.10. The Bertz CT molecular complexity index is 1190. The van der Waals surface area contributed by atoms with Crippen LogP contribution < -0.4 is 10.1 Å². The van der Waals surface area contributed by atoms with Crippen LogP contribution >= 0.6 is 0 Å². The maximum absolute atomic E-state index is 14.6. The topological polar surface area (TPSA) is 88.2 Å². The Labute approximate surface area is 203 Å². The van der Waals surface area contributed by atoms with E-state index in [0.29, 0.717) is 42.2 Å². The first kappa shape index (κ1) is 23.5. The van der Waals surface area contributed by atoms with Crippen molar-refractivity contribution in [1.82, 2.24) is 15.1 Å². The van der Waals surface area contributed by atoms with Crippen LogP contribution in [-0.2, 0) is 34.0 Å². The van der Waals surface area contributed by atoms with Crippen molar-refractivity contribution >= 4 is 25.6 Å². The molecule has 3 heterocycles. The Hall–Kier alpha value is -3.24. The fourth-order valence-electron chi connectivity index (χ4n) is 4.90. The minimum Gasteiger partial charge on any atom is -0.488 e. The SMILES string of the molecule is BC1(N2Cc3c(OCc4cc(CN5CCOCC5)ccc4F)cccc3C2=O)CCC(=O)NC1=O. The number of imide groups is 1. The summed E-state index contributed by atoms with van der Waals surface area (Å²) in [6, 6.07) is 10.2. The van der Waals surface area contributed by atoms with E-state index >= 15 is 0 Å². The van der Waals surface area contributed by atoms with Gasteiger partial charge in [0.1, 0.15) is 26.0 Å². The maximum atomic E-state index is 14.6. The van der Waals surface area contributed by atoms with Crippen molar-refractivity contribution in [2.24, 2.45) is 0 Å². The zero-order valence-electron chi connectivity index (χ0n) is 19.6. The second-order valence-electron chi connectivity index (χ2n) is 9.43. The first-order valence-corrected chi connectivity index (χ1v) is 11.8. The number of carbonyl (C=O) groups is 3. The van der Waals surface area contributed by atoms with Gasteiger partial charge in [0.05, 0.1) is 25.2 Å². The number of hydrogen-bond donors (Lipinski definition) is 1. The summed E-state index contributed by atoms with van der Waals surface area (Å²) in [5.41, 5.74) is 1.42. The van der Waals surface area contributed by atoms with Crippen LogP contribution in [0.3, 0.4) is 0 Å². The van der Waals surface area contributed by atoms with Gasteiger partial charge in [0.15, 0.2) is 0 Å². The van der Waals surface area contributed by atoms with Crippen molar-refractivity contribution in [2.45, 2.75) is 38.0 Å². The highest BCUT2D eigenvalue weighted by Crippen LogP contribution is 2.37. The molecule has 2 aromatic rings. The van der Waals surface area contributed by atoms with Gasteiger partial charge in [-0.25, -0.2) is 4.39 Å². The molecule has 1 N–H and O–H groups in total. The Morgan fingerprint density at radius 1 is 1.14 bits per heavy atom. The van der Waals surface area contributed by atoms with Crippen LogP contribution in [0.1, 0.15) is 39.9 Å². The monoisotopic (exact) mass is 479 g/mol. The Balaban J connectivity index is 1.32. The minimum atomic E-state index is -1.12. The zero-order chi connectivity index (χ0) is 24.6. The number of halogens is 1. The summed E-state index contributed by atoms with van der Waals surface area (Å²) in [6.07, 6.45) is 0.431. The van der Waals surface area contributed by atoms with Gasteiger partial charge in [-0.15, -0.1) is 0 Å². The van der Waals surface area contributed by atoms with Crippen molar-refractivity contribution in [3.8, 4) is 5.75 Å². The number of nitrogens with one attached hydrogen (secondary N) is 1. The molecule has 10 heteroatoms. The molecule has 3 aliphatic rings. The van der Waals surface area contributed by atoms with Crippen LogP contribution in [0.2, 0.25) is 0 Å². The number of benzene rings is 2. The standard InChI is InChI=1S/C25H27BFN3O5/c26-25(7-6-22(31)28-24(25)33)30-14-19-18(23(30)32)2-1-3-21(19)35-15-17-12-16(4-5-20(17)27)13-29-8-10-34-11-9-29/h1-5,12H,6-11,13-15,26H2,(H,28,31,33). The molecule has 2 aromatic carbocycles. The van der Waals surface area contributed by atoms with Crippen LogP contribution in [-0.4, -0.2) is 67.1 Å². The summed E-state index contributed by atoms with van der Waals surface area (Å²) in [5, 5.41) is 2.34. The highest BCUT2D eigenvalue weighted by Gasteiger charge is 2.48. The van der Waals surface area contributed by atoms with E-state index in [9.17, 15) is 18.8 Å². The Morgan fingerprint density at radius 2 is 1.94 bits per heavy atom. The zero-order valence-corrected chi connectivity index (χ0v) is 19.6. The summed E-state index contributed by atoms with van der Waals surface area (Å²) in [4.78, 5) is 41.2. The predicted molar refractivity (Wildman–Crippen MR) is 127 cm³/mol. The maximum Gasteiger partial charge on any atom is 0.254 e. The Morgan fingerprint density at radius 3 is 2.71 bits per heavy atom. The van der Waals surface area contributed by atoms with Crippen LogP contribution in [0.25, 0.3) is 0 Å². The second kappa shape index (κ2) is 9.43. The van der Waals surface area contributed by atoms with E-state index < -0.39 is 11.3 Å². The quantitative estimate of drug-likeness (QED) is 0.491. The average molecular weight is 479 g/mol. The molecule has 0 saturated carbocycles. The van der Waals surface area contributed by atoms with E-state index in [1.165, 1.54) is 11.0 Å². The van der Waals surface area contributed by atoms with E-state index in [1.807, 2.05) is 6.07 Å². The van der Waals surface area contributed by atoms with Crippen molar-refractivity contribution in [3.63, 3.8) is 0 Å². The normalized spacial score (nSPS) is 22.8. The molecule has 182 valence electrons. The van der Waals surface area contributed by atoms with Gasteiger partial charge in [0, 0.05) is 42.7 Å². The fourth-order valence-corrected chi connectivity index (χ4v) is 4.90. The molecule has 8 nitrogen and oxygen atoms in total. The van der Waals surface area contributed by atoms with Gasteiger partial charge in [-0.05, 0) is 36.2 Å². The van der Waals surface area contributed by atoms with Crippen molar-refractivity contribution in [2.75, 3.05) is 26.3 Å². The smallest absolute Gasteiger partial charge is 0.254 e. The van der Waals surface area contributed by atoms with Crippen molar-refractivity contribution in [1.29, 1.82) is 0 Å². The van der Waals surface area contributed by atoms with Crippen LogP contribution in [0, 0.1) is 5.82 Å². The van der Waals surface area contributed by atoms with Gasteiger partial charge in [-0.1, -0.05) is 12.1 Å². The number of nitrogens with zero attached hydrogens (tertiary/aromatic N) is 2. The highest BCUT2D eigenvalue weighted by molar-refractivity contribution is 6.32. The van der Waals surface area contributed by atoms with E-state index in [0.717, 1.165) is 18.7 Å². The molecule has 0 spiro atoms. The molecule has 1 unspecified atom stereocenters. The first-order valence-electron chi connectivity index (χ1n) is 11.8. The number of rotatable bonds is 6. The van der Waals surface area contributed by atoms with Gasteiger partial charge in [-0.3, -0.25) is 24.6 Å². The largest absolute Gasteiger partial charge is 0.488 e. The highest BCUT2D eigenvalue weighted by atomic mass is 19.1. The van der Waals surface area contributed by atoms with E-state index in [1.54, 1.807) is 32.1 Å². The Kier molecular flexibility index (Phi) is 6.33. The minimum absolute atomic E-state index is 0.0136. The van der Waals surface area contributed by atoms with Gasteiger partial charge < -0.3 is 14.4 Å². The summed E-state index contributed by atoms with van der Waals surface area (Å²) >= 11 is 0. The molecule has 3 aliphatic heterocycles. The van der Waals surface area contributed by atoms with Gasteiger partial charge >= 0.3 is 0 Å². The second-order valence-corrected chi connectivity index (χ2v) is 9.43. The molecule has 3 amide bonds.